The number of halogens is 3. The van der Waals surface area contributed by atoms with Gasteiger partial charge in [-0.05, 0) is 37.0 Å². The highest BCUT2D eigenvalue weighted by atomic mass is 35.5. The third kappa shape index (κ3) is 4.01. The van der Waals surface area contributed by atoms with Crippen molar-refractivity contribution < 1.29 is 8.42 Å². The van der Waals surface area contributed by atoms with Gasteiger partial charge in [-0.1, -0.05) is 36.0 Å². The summed E-state index contributed by atoms with van der Waals surface area (Å²) >= 11 is 17.6. The van der Waals surface area contributed by atoms with Gasteiger partial charge in [0.25, 0.3) is 0 Å². The van der Waals surface area contributed by atoms with Crippen molar-refractivity contribution >= 4 is 44.8 Å². The van der Waals surface area contributed by atoms with E-state index in [1.807, 2.05) is 0 Å². The predicted molar refractivity (Wildman–Crippen MR) is 83.2 cm³/mol. The molecule has 0 spiro atoms. The van der Waals surface area contributed by atoms with Crippen LogP contribution in [0.25, 0.3) is 0 Å². The highest BCUT2D eigenvalue weighted by Crippen LogP contribution is 2.28. The summed E-state index contributed by atoms with van der Waals surface area (Å²) in [6.45, 7) is 0. The summed E-state index contributed by atoms with van der Waals surface area (Å²) in [6.07, 6.45) is 3.87. The molecule has 0 heterocycles. The molecule has 0 radical (unpaired) electrons. The van der Waals surface area contributed by atoms with E-state index in [1.54, 1.807) is 0 Å². The molecule has 1 aliphatic carbocycles. The van der Waals surface area contributed by atoms with Crippen LogP contribution in [-0.2, 0) is 10.0 Å². The lowest BCUT2D eigenvalue weighted by molar-refractivity contribution is 0.314. The highest BCUT2D eigenvalue weighted by Gasteiger charge is 2.29. The summed E-state index contributed by atoms with van der Waals surface area (Å²) in [4.78, 5) is 0.0916. The fourth-order valence-electron chi connectivity index (χ4n) is 2.50. The summed E-state index contributed by atoms with van der Waals surface area (Å²) in [5.41, 5.74) is 0. The molecule has 20 heavy (non-hydrogen) atoms. The number of alkyl halides is 1. The van der Waals surface area contributed by atoms with Crippen molar-refractivity contribution in [2.75, 3.05) is 5.88 Å². The average molecular weight is 357 g/mol. The molecule has 2 unspecified atom stereocenters. The topological polar surface area (TPSA) is 46.2 Å². The molecule has 1 saturated carbocycles. The van der Waals surface area contributed by atoms with Gasteiger partial charge in [0.05, 0.1) is 4.90 Å². The van der Waals surface area contributed by atoms with E-state index in [4.69, 9.17) is 34.8 Å². The zero-order valence-corrected chi connectivity index (χ0v) is 13.9. The summed E-state index contributed by atoms with van der Waals surface area (Å²) in [7, 11) is -3.63. The van der Waals surface area contributed by atoms with Crippen LogP contribution in [0.1, 0.15) is 25.7 Å². The molecule has 2 atom stereocenters. The monoisotopic (exact) mass is 355 g/mol. The molecule has 0 amide bonds. The zero-order valence-electron chi connectivity index (χ0n) is 10.8. The molecular formula is C13H16Cl3NO2S. The van der Waals surface area contributed by atoms with Crippen LogP contribution in [0.15, 0.2) is 23.1 Å². The molecule has 1 N–H and O–H groups in total. The van der Waals surface area contributed by atoms with E-state index < -0.39 is 10.0 Å². The van der Waals surface area contributed by atoms with Gasteiger partial charge in [0.2, 0.25) is 10.0 Å². The number of hydrogen-bond donors (Lipinski definition) is 1. The molecule has 0 aromatic heterocycles. The zero-order chi connectivity index (χ0) is 14.8. The van der Waals surface area contributed by atoms with Crippen molar-refractivity contribution in [3.05, 3.63) is 28.2 Å². The van der Waals surface area contributed by atoms with Crippen LogP contribution in [0.3, 0.4) is 0 Å². The van der Waals surface area contributed by atoms with Crippen molar-refractivity contribution in [2.24, 2.45) is 5.92 Å². The van der Waals surface area contributed by atoms with Gasteiger partial charge >= 0.3 is 0 Å². The minimum atomic E-state index is -3.63. The van der Waals surface area contributed by atoms with Gasteiger partial charge in [-0.15, -0.1) is 11.6 Å². The van der Waals surface area contributed by atoms with E-state index in [1.165, 1.54) is 18.2 Å². The summed E-state index contributed by atoms with van der Waals surface area (Å²) < 4.78 is 27.5. The number of hydrogen-bond acceptors (Lipinski definition) is 2. The smallest absolute Gasteiger partial charge is 0.208 e. The number of rotatable bonds is 4. The molecule has 0 saturated heterocycles. The molecule has 0 bridgehead atoms. The maximum absolute atomic E-state index is 12.4. The Morgan fingerprint density at radius 1 is 1.10 bits per heavy atom. The quantitative estimate of drug-likeness (QED) is 0.827. The fraction of sp³-hybridized carbons (Fsp3) is 0.538. The first kappa shape index (κ1) is 16.4. The lowest BCUT2D eigenvalue weighted by Crippen LogP contribution is -2.42. The molecule has 1 aliphatic rings. The van der Waals surface area contributed by atoms with Crippen LogP contribution in [-0.4, -0.2) is 20.3 Å². The predicted octanol–water partition coefficient (Wildman–Crippen LogP) is 4.07. The van der Waals surface area contributed by atoms with Crippen molar-refractivity contribution in [3.63, 3.8) is 0 Å². The number of benzene rings is 1. The van der Waals surface area contributed by atoms with Crippen LogP contribution in [0.2, 0.25) is 10.0 Å². The van der Waals surface area contributed by atoms with E-state index in [0.717, 1.165) is 25.7 Å². The molecule has 0 aliphatic heterocycles. The second-order valence-corrected chi connectivity index (χ2v) is 7.93. The largest absolute Gasteiger partial charge is 0.240 e. The van der Waals surface area contributed by atoms with Crippen molar-refractivity contribution in [3.8, 4) is 0 Å². The van der Waals surface area contributed by atoms with Crippen LogP contribution in [0.5, 0.6) is 0 Å². The van der Waals surface area contributed by atoms with Gasteiger partial charge in [0.1, 0.15) is 0 Å². The van der Waals surface area contributed by atoms with Crippen LogP contribution < -0.4 is 4.72 Å². The summed E-state index contributed by atoms with van der Waals surface area (Å²) in [5, 5.41) is 0.603. The number of sulfonamides is 1. The molecule has 3 nitrogen and oxygen atoms in total. The SMILES string of the molecule is O=S(=O)(NC1CCCCC1CCl)c1cc(Cl)cc(Cl)c1. The third-order valence-corrected chi connectivity index (χ3v) is 5.86. The third-order valence-electron chi connectivity index (χ3n) is 3.56. The summed E-state index contributed by atoms with van der Waals surface area (Å²) in [5.74, 6) is 0.638. The standard InChI is InChI=1S/C13H16Cl3NO2S/c14-8-9-3-1-2-4-13(9)17-20(18,19)12-6-10(15)5-11(16)7-12/h5-7,9,13,17H,1-4,8H2. The van der Waals surface area contributed by atoms with Crippen LogP contribution >= 0.6 is 34.8 Å². The van der Waals surface area contributed by atoms with Crippen LogP contribution in [0, 0.1) is 5.92 Å². The van der Waals surface area contributed by atoms with Gasteiger partial charge in [-0.25, -0.2) is 13.1 Å². The molecular weight excluding hydrogens is 341 g/mol. The molecule has 1 fully saturated rings. The molecule has 2 rings (SSSR count). The minimum absolute atomic E-state index is 0.0916. The lowest BCUT2D eigenvalue weighted by Gasteiger charge is -2.30. The maximum Gasteiger partial charge on any atom is 0.240 e. The second kappa shape index (κ2) is 6.84. The highest BCUT2D eigenvalue weighted by molar-refractivity contribution is 7.89. The Kier molecular flexibility index (Phi) is 5.60. The van der Waals surface area contributed by atoms with E-state index >= 15 is 0 Å². The number of nitrogens with one attached hydrogen (secondary N) is 1. The molecule has 112 valence electrons. The van der Waals surface area contributed by atoms with Crippen molar-refractivity contribution in [2.45, 2.75) is 36.6 Å². The Labute approximate surface area is 134 Å². The van der Waals surface area contributed by atoms with Crippen LogP contribution in [0.4, 0.5) is 0 Å². The Balaban J connectivity index is 2.21. The lowest BCUT2D eigenvalue weighted by atomic mass is 9.86. The van der Waals surface area contributed by atoms with Crippen molar-refractivity contribution in [1.82, 2.24) is 4.72 Å². The van der Waals surface area contributed by atoms with E-state index in [2.05, 4.69) is 4.72 Å². The van der Waals surface area contributed by atoms with E-state index in [0.29, 0.717) is 15.9 Å². The maximum atomic E-state index is 12.4. The minimum Gasteiger partial charge on any atom is -0.208 e. The molecule has 1 aromatic rings. The van der Waals surface area contributed by atoms with Gasteiger partial charge in [-0.3, -0.25) is 0 Å². The first-order chi connectivity index (χ1) is 9.42. The van der Waals surface area contributed by atoms with Gasteiger partial charge < -0.3 is 0 Å². The fourth-order valence-corrected chi connectivity index (χ4v) is 4.93. The second-order valence-electron chi connectivity index (χ2n) is 5.03. The van der Waals surface area contributed by atoms with Gasteiger partial charge in [0.15, 0.2) is 0 Å². The molecule has 7 heteroatoms. The van der Waals surface area contributed by atoms with E-state index in [-0.39, 0.29) is 16.9 Å². The Hall–Kier alpha value is -0.000000000000000139. The Morgan fingerprint density at radius 3 is 2.30 bits per heavy atom. The van der Waals surface area contributed by atoms with Gasteiger partial charge in [0, 0.05) is 22.0 Å². The Morgan fingerprint density at radius 2 is 1.70 bits per heavy atom. The van der Waals surface area contributed by atoms with E-state index in [9.17, 15) is 8.42 Å². The normalized spacial score (nSPS) is 23.8. The Bertz CT molecular complexity index is 557. The first-order valence-corrected chi connectivity index (χ1v) is 9.24. The average Bonchev–Trinajstić information content (AvgIpc) is 2.38. The van der Waals surface area contributed by atoms with Gasteiger partial charge in [-0.2, -0.15) is 0 Å². The molecule has 1 aromatic carbocycles. The summed E-state index contributed by atoms with van der Waals surface area (Å²) in [6, 6.07) is 4.18. The van der Waals surface area contributed by atoms with Crippen molar-refractivity contribution in [1.29, 1.82) is 0 Å². The first-order valence-electron chi connectivity index (χ1n) is 6.47.